The SMILES string of the molecule is CC(C)[Si](C#Cc1c(F)ccc2cccc(-c3nc4c5c(nc(S(C)(=O)=O)nc5c3F)N3C[C@@H]5CC[C@H]([C@H]3CO4)N5C(=O)OC(C)(C)C)c12)(C(C)C)C(C)C. The van der Waals surface area contributed by atoms with Gasteiger partial charge in [-0.2, -0.15) is 0 Å². The Balaban J connectivity index is 1.45. The molecule has 292 valence electrons. The molecule has 3 atom stereocenters. The molecule has 10 nitrogen and oxygen atoms in total. The second kappa shape index (κ2) is 13.7. The maximum Gasteiger partial charge on any atom is 0.410 e. The molecule has 0 saturated carbocycles. The molecule has 4 aromatic rings. The minimum Gasteiger partial charge on any atom is -0.475 e. The topological polar surface area (TPSA) is 115 Å². The van der Waals surface area contributed by atoms with Crippen LogP contribution >= 0.6 is 0 Å². The van der Waals surface area contributed by atoms with E-state index in [4.69, 9.17) is 14.5 Å². The van der Waals surface area contributed by atoms with Gasteiger partial charge in [-0.05, 0) is 61.7 Å². The van der Waals surface area contributed by atoms with Crippen LogP contribution in [0.2, 0.25) is 16.6 Å². The van der Waals surface area contributed by atoms with Crippen LogP contribution in [0.15, 0.2) is 35.5 Å². The number of aromatic nitrogens is 3. The summed E-state index contributed by atoms with van der Waals surface area (Å²) in [4.78, 5) is 30.7. The number of nitrogens with zero attached hydrogens (tertiary/aromatic N) is 5. The highest BCUT2D eigenvalue weighted by atomic mass is 32.2. The van der Waals surface area contributed by atoms with Crippen LogP contribution in [0.1, 0.15) is 80.7 Å². The zero-order chi connectivity index (χ0) is 39.9. The van der Waals surface area contributed by atoms with E-state index in [9.17, 15) is 13.2 Å². The smallest absolute Gasteiger partial charge is 0.410 e. The lowest BCUT2D eigenvalue weighted by Gasteiger charge is -2.46. The zero-order valence-corrected chi connectivity index (χ0v) is 34.9. The number of sulfone groups is 1. The lowest BCUT2D eigenvalue weighted by atomic mass is 9.96. The Bertz CT molecular complexity index is 2380. The van der Waals surface area contributed by atoms with Crippen LogP contribution in [0.4, 0.5) is 19.4 Å². The minimum atomic E-state index is -4.03. The standard InChI is InChI=1S/C41H49F2N5O5SSi/c1-22(2)55(23(3)4,24(5)6)19-18-27-29(42)16-14-25-12-11-13-28(32(25)27)35-34(43)36-33-37(46-39(45-36)54(10,50)51)47-20-26-15-17-30(31(47)21-52-38(33)44-35)48(26)40(49)53-41(7,8)9/h11-14,16,22-24,26,30-31H,15,17,20-21H2,1-10H3/t26-,30+,31+/m0/s1. The molecule has 3 aliphatic rings. The van der Waals surface area contributed by atoms with Crippen molar-refractivity contribution in [1.29, 1.82) is 0 Å². The fraction of sp³-hybridized carbons (Fsp3) is 0.512. The van der Waals surface area contributed by atoms with Crippen molar-refractivity contribution in [2.24, 2.45) is 0 Å². The van der Waals surface area contributed by atoms with Crippen LogP contribution in [-0.2, 0) is 14.6 Å². The van der Waals surface area contributed by atoms with E-state index in [0.717, 1.165) is 6.26 Å². The van der Waals surface area contributed by atoms with E-state index in [-0.39, 0.29) is 58.1 Å². The first-order valence-electron chi connectivity index (χ1n) is 19.0. The van der Waals surface area contributed by atoms with Gasteiger partial charge in [0.25, 0.3) is 0 Å². The fourth-order valence-electron chi connectivity index (χ4n) is 9.28. The molecule has 0 unspecified atom stereocenters. The van der Waals surface area contributed by atoms with Gasteiger partial charge in [0.1, 0.15) is 48.5 Å². The Morgan fingerprint density at radius 3 is 2.29 bits per heavy atom. The summed E-state index contributed by atoms with van der Waals surface area (Å²) < 4.78 is 71.8. The van der Waals surface area contributed by atoms with Gasteiger partial charge in [0, 0.05) is 23.8 Å². The van der Waals surface area contributed by atoms with E-state index in [0.29, 0.717) is 46.8 Å². The van der Waals surface area contributed by atoms with Crippen molar-refractivity contribution in [3.63, 3.8) is 0 Å². The third-order valence-electron chi connectivity index (χ3n) is 11.6. The number of halogens is 2. The van der Waals surface area contributed by atoms with Crippen LogP contribution in [0.5, 0.6) is 5.88 Å². The van der Waals surface area contributed by atoms with Gasteiger partial charge in [0.05, 0.1) is 23.7 Å². The molecular weight excluding hydrogens is 741 g/mol. The van der Waals surface area contributed by atoms with Gasteiger partial charge >= 0.3 is 6.09 Å². The summed E-state index contributed by atoms with van der Waals surface area (Å²) in [7, 11) is -6.33. The number of ether oxygens (including phenoxy) is 2. The molecule has 2 bridgehead atoms. The average Bonchev–Trinajstić information content (AvgIpc) is 3.33. The Kier molecular flexibility index (Phi) is 9.68. The summed E-state index contributed by atoms with van der Waals surface area (Å²) in [5.41, 5.74) is 3.78. The van der Waals surface area contributed by atoms with Gasteiger partial charge in [-0.1, -0.05) is 71.7 Å². The van der Waals surface area contributed by atoms with Crippen molar-refractivity contribution in [1.82, 2.24) is 19.9 Å². The van der Waals surface area contributed by atoms with Crippen LogP contribution in [-0.4, -0.2) is 85.6 Å². The van der Waals surface area contributed by atoms with E-state index >= 15 is 8.78 Å². The number of benzene rings is 2. The summed E-state index contributed by atoms with van der Waals surface area (Å²) in [5, 5.41) is 0.612. The number of pyridine rings is 1. The number of amides is 1. The Labute approximate surface area is 322 Å². The molecule has 2 saturated heterocycles. The van der Waals surface area contributed by atoms with E-state index < -0.39 is 52.4 Å². The molecule has 7 rings (SSSR count). The van der Waals surface area contributed by atoms with E-state index in [2.05, 4.69) is 63.0 Å². The maximum atomic E-state index is 17.3. The van der Waals surface area contributed by atoms with Gasteiger partial charge in [-0.25, -0.2) is 36.9 Å². The molecule has 3 aliphatic heterocycles. The molecule has 0 radical (unpaired) electrons. The molecule has 0 aliphatic carbocycles. The first-order valence-corrected chi connectivity index (χ1v) is 23.1. The Hall–Kier alpha value is -4.35. The number of hydrogen-bond donors (Lipinski definition) is 0. The van der Waals surface area contributed by atoms with Crippen LogP contribution in [0.25, 0.3) is 32.9 Å². The summed E-state index contributed by atoms with van der Waals surface area (Å²) in [6, 6.07) is 7.15. The number of anilines is 1. The summed E-state index contributed by atoms with van der Waals surface area (Å²) >= 11 is 0. The van der Waals surface area contributed by atoms with Crippen molar-refractivity contribution < 1.29 is 31.5 Å². The zero-order valence-electron chi connectivity index (χ0n) is 33.1. The highest BCUT2D eigenvalue weighted by Crippen LogP contribution is 2.46. The predicted molar refractivity (Wildman–Crippen MR) is 213 cm³/mol. The molecule has 1 amide bonds. The lowest BCUT2D eigenvalue weighted by molar-refractivity contribution is 0.00539. The average molecular weight is 790 g/mol. The molecule has 2 aromatic heterocycles. The van der Waals surface area contributed by atoms with E-state index in [1.165, 1.54) is 6.07 Å². The first-order chi connectivity index (χ1) is 25.7. The highest BCUT2D eigenvalue weighted by molar-refractivity contribution is 7.90. The van der Waals surface area contributed by atoms with Gasteiger partial charge in [-0.3, -0.25) is 4.90 Å². The number of fused-ring (bicyclic) bond motifs is 6. The number of rotatable bonds is 5. The van der Waals surface area contributed by atoms with Crippen LogP contribution < -0.4 is 9.64 Å². The molecule has 2 fully saturated rings. The minimum absolute atomic E-state index is 0.0161. The first kappa shape index (κ1) is 38.9. The highest BCUT2D eigenvalue weighted by Gasteiger charge is 2.52. The van der Waals surface area contributed by atoms with Crippen molar-refractivity contribution in [3.05, 3.63) is 47.5 Å². The largest absolute Gasteiger partial charge is 0.475 e. The molecule has 14 heteroatoms. The van der Waals surface area contributed by atoms with Crippen LogP contribution in [0, 0.1) is 23.1 Å². The number of piperazine rings is 1. The second-order valence-electron chi connectivity index (χ2n) is 17.1. The maximum absolute atomic E-state index is 17.3. The molecule has 2 aromatic carbocycles. The van der Waals surface area contributed by atoms with Gasteiger partial charge < -0.3 is 14.4 Å². The molecule has 0 spiro atoms. The van der Waals surface area contributed by atoms with Crippen molar-refractivity contribution in [2.75, 3.05) is 24.3 Å². The fourth-order valence-corrected chi connectivity index (χ4v) is 15.0. The monoisotopic (exact) mass is 789 g/mol. The normalized spacial score (nSPS) is 19.8. The van der Waals surface area contributed by atoms with E-state index in [1.807, 2.05) is 31.7 Å². The van der Waals surface area contributed by atoms with Crippen molar-refractivity contribution in [3.8, 4) is 28.6 Å². The number of carbonyl (C=O) groups excluding carboxylic acids is 1. The Morgan fingerprint density at radius 1 is 0.964 bits per heavy atom. The summed E-state index contributed by atoms with van der Waals surface area (Å²) in [5.74, 6) is 2.04. The van der Waals surface area contributed by atoms with Crippen molar-refractivity contribution >= 4 is 51.5 Å². The van der Waals surface area contributed by atoms with Gasteiger partial charge in [0.15, 0.2) is 5.82 Å². The number of hydrogen-bond acceptors (Lipinski definition) is 9. The summed E-state index contributed by atoms with van der Waals surface area (Å²) in [6.07, 6.45) is 1.89. The predicted octanol–water partition coefficient (Wildman–Crippen LogP) is 8.45. The van der Waals surface area contributed by atoms with Gasteiger partial charge in [0.2, 0.25) is 20.9 Å². The third kappa shape index (κ3) is 6.50. The third-order valence-corrected chi connectivity index (χ3v) is 18.8. The Morgan fingerprint density at radius 2 is 1.65 bits per heavy atom. The molecule has 5 heterocycles. The van der Waals surface area contributed by atoms with Gasteiger partial charge in [-0.15, -0.1) is 5.54 Å². The summed E-state index contributed by atoms with van der Waals surface area (Å²) in [6.45, 7) is 18.9. The molecule has 55 heavy (non-hydrogen) atoms. The van der Waals surface area contributed by atoms with Crippen LogP contribution in [0.3, 0.4) is 0 Å². The quantitative estimate of drug-likeness (QED) is 0.112. The second-order valence-corrected chi connectivity index (χ2v) is 24.6. The molecule has 0 N–H and O–H groups in total. The molecular formula is C41H49F2N5O5SSi. The van der Waals surface area contributed by atoms with Crippen molar-refractivity contribution in [2.45, 2.75) is 121 Å². The lowest BCUT2D eigenvalue weighted by Crippen LogP contribution is -2.63. The number of carbonyl (C=O) groups is 1. The van der Waals surface area contributed by atoms with E-state index in [1.54, 1.807) is 23.1 Å².